The van der Waals surface area contributed by atoms with Crippen molar-refractivity contribution in [1.82, 2.24) is 15.0 Å². The standard InChI is InChI=1S/C58H34N4O/c59-35-36-11-8-14-40(31-36)38-23-25-39(26-24-38)56-60-57(43-27-29-50-48-19-5-4-17-46(48)47-18-6-7-20-49(47)52(50)33-43)62-58(61-56)44-28-30-51-54(34-44)63-53-22-10-21-45(55(51)53)42-16-9-15-41(32-42)37-12-2-1-3-13-37/h1-34H. The Hall–Kier alpha value is -8.72. The number of rotatable bonds is 6. The molecule has 0 radical (unpaired) electrons. The second kappa shape index (κ2) is 14.8. The lowest BCUT2D eigenvalue weighted by molar-refractivity contribution is 0.669. The van der Waals surface area contributed by atoms with Crippen LogP contribution in [0.5, 0.6) is 0 Å². The van der Waals surface area contributed by atoms with Crippen LogP contribution in [-0.2, 0) is 0 Å². The van der Waals surface area contributed by atoms with Crippen LogP contribution in [0.25, 0.3) is 122 Å². The molecule has 10 aromatic carbocycles. The molecule has 5 nitrogen and oxygen atoms in total. The second-order valence-corrected chi connectivity index (χ2v) is 15.9. The topological polar surface area (TPSA) is 75.6 Å². The molecule has 0 unspecified atom stereocenters. The second-order valence-electron chi connectivity index (χ2n) is 15.9. The quantitative estimate of drug-likeness (QED) is 0.157. The molecule has 0 bridgehead atoms. The summed E-state index contributed by atoms with van der Waals surface area (Å²) in [7, 11) is 0. The molecule has 0 saturated carbocycles. The summed E-state index contributed by atoms with van der Waals surface area (Å²) in [6.07, 6.45) is 0. The van der Waals surface area contributed by atoms with E-state index in [0.29, 0.717) is 23.0 Å². The van der Waals surface area contributed by atoms with Crippen LogP contribution >= 0.6 is 0 Å². The van der Waals surface area contributed by atoms with Crippen LogP contribution in [0.3, 0.4) is 0 Å². The molecule has 5 heteroatoms. The highest BCUT2D eigenvalue weighted by molar-refractivity contribution is 6.25. The van der Waals surface area contributed by atoms with Gasteiger partial charge in [0.1, 0.15) is 11.2 Å². The van der Waals surface area contributed by atoms with Crippen molar-refractivity contribution in [3.63, 3.8) is 0 Å². The molecule has 0 fully saturated rings. The van der Waals surface area contributed by atoms with Crippen molar-refractivity contribution in [3.8, 4) is 73.6 Å². The van der Waals surface area contributed by atoms with Crippen molar-refractivity contribution < 1.29 is 4.42 Å². The minimum atomic E-state index is 0.544. The molecule has 0 saturated heterocycles. The normalized spacial score (nSPS) is 11.5. The van der Waals surface area contributed by atoms with Crippen molar-refractivity contribution in [2.75, 3.05) is 0 Å². The summed E-state index contributed by atoms with van der Waals surface area (Å²) in [6.45, 7) is 0. The lowest BCUT2D eigenvalue weighted by atomic mass is 9.93. The molecular formula is C58H34N4O. The predicted octanol–water partition coefficient (Wildman–Crippen LogP) is 15.1. The average molecular weight is 803 g/mol. The van der Waals surface area contributed by atoms with Crippen molar-refractivity contribution in [2.24, 2.45) is 0 Å². The minimum Gasteiger partial charge on any atom is -0.456 e. The van der Waals surface area contributed by atoms with E-state index in [2.05, 4.69) is 158 Å². The highest BCUT2D eigenvalue weighted by atomic mass is 16.3. The highest BCUT2D eigenvalue weighted by Crippen LogP contribution is 2.40. The fourth-order valence-electron chi connectivity index (χ4n) is 9.09. The SMILES string of the molecule is N#Cc1cccc(-c2ccc(-c3nc(-c4ccc5c(c4)oc4cccc(-c6cccc(-c7ccccc7)c6)c45)nc(-c4ccc5c6ccccc6c6ccccc6c5c4)n3)cc2)c1. The molecule has 63 heavy (non-hydrogen) atoms. The summed E-state index contributed by atoms with van der Waals surface area (Å²) in [5.74, 6) is 1.67. The number of furan rings is 1. The van der Waals surface area contributed by atoms with Gasteiger partial charge in [-0.05, 0) is 108 Å². The van der Waals surface area contributed by atoms with Gasteiger partial charge in [-0.15, -0.1) is 0 Å². The first-order valence-corrected chi connectivity index (χ1v) is 21.0. The smallest absolute Gasteiger partial charge is 0.164 e. The van der Waals surface area contributed by atoms with Crippen LogP contribution in [0, 0.1) is 11.3 Å². The third-order valence-corrected chi connectivity index (χ3v) is 12.1. The molecule has 0 aliphatic heterocycles. The number of nitrogens with zero attached hydrogens (tertiary/aromatic N) is 4. The van der Waals surface area contributed by atoms with Crippen LogP contribution < -0.4 is 0 Å². The number of aromatic nitrogens is 3. The maximum absolute atomic E-state index is 9.52. The molecule has 12 rings (SSSR count). The van der Waals surface area contributed by atoms with E-state index < -0.39 is 0 Å². The van der Waals surface area contributed by atoms with E-state index in [1.165, 1.54) is 32.5 Å². The van der Waals surface area contributed by atoms with Gasteiger partial charge in [0.2, 0.25) is 0 Å². The molecule has 0 amide bonds. The first-order valence-electron chi connectivity index (χ1n) is 21.0. The maximum atomic E-state index is 9.52. The van der Waals surface area contributed by atoms with Gasteiger partial charge in [-0.25, -0.2) is 15.0 Å². The Labute approximate surface area is 362 Å². The lowest BCUT2D eigenvalue weighted by Crippen LogP contribution is -2.00. The van der Waals surface area contributed by atoms with Gasteiger partial charge in [-0.2, -0.15) is 5.26 Å². The molecule has 2 heterocycles. The van der Waals surface area contributed by atoms with Crippen LogP contribution in [0.4, 0.5) is 0 Å². The van der Waals surface area contributed by atoms with Gasteiger partial charge in [0.05, 0.1) is 11.6 Å². The van der Waals surface area contributed by atoms with Gasteiger partial charge < -0.3 is 4.42 Å². The average Bonchev–Trinajstić information content (AvgIpc) is 3.75. The Bertz CT molecular complexity index is 3770. The summed E-state index contributed by atoms with van der Waals surface area (Å²) in [6, 6.07) is 73.5. The zero-order valence-corrected chi connectivity index (χ0v) is 33.8. The van der Waals surface area contributed by atoms with E-state index in [0.717, 1.165) is 71.8 Å². The van der Waals surface area contributed by atoms with Crippen LogP contribution in [0.1, 0.15) is 5.56 Å². The molecule has 0 N–H and O–H groups in total. The number of hydrogen-bond acceptors (Lipinski definition) is 5. The van der Waals surface area contributed by atoms with E-state index in [-0.39, 0.29) is 0 Å². The van der Waals surface area contributed by atoms with Gasteiger partial charge in [0.15, 0.2) is 17.5 Å². The summed E-state index contributed by atoms with van der Waals surface area (Å²) in [5.41, 5.74) is 11.3. The molecule has 0 aliphatic rings. The van der Waals surface area contributed by atoms with E-state index in [4.69, 9.17) is 19.4 Å². The Morgan fingerprint density at radius 1 is 0.317 bits per heavy atom. The lowest BCUT2D eigenvalue weighted by Gasteiger charge is -2.13. The zero-order chi connectivity index (χ0) is 41.9. The van der Waals surface area contributed by atoms with Crippen molar-refractivity contribution in [1.29, 1.82) is 5.26 Å². The Morgan fingerprint density at radius 2 is 0.810 bits per heavy atom. The fraction of sp³-hybridized carbons (Fsp3) is 0. The molecule has 2 aromatic heterocycles. The summed E-state index contributed by atoms with van der Waals surface area (Å²) in [4.78, 5) is 15.5. The third-order valence-electron chi connectivity index (χ3n) is 12.1. The summed E-state index contributed by atoms with van der Waals surface area (Å²) in [5, 5.41) is 18.8. The Morgan fingerprint density at radius 3 is 1.51 bits per heavy atom. The van der Waals surface area contributed by atoms with Crippen molar-refractivity contribution >= 4 is 54.3 Å². The minimum absolute atomic E-state index is 0.544. The first kappa shape index (κ1) is 36.2. The molecule has 0 atom stereocenters. The summed E-state index contributed by atoms with van der Waals surface area (Å²) < 4.78 is 6.63. The van der Waals surface area contributed by atoms with Gasteiger partial charge in [0.25, 0.3) is 0 Å². The largest absolute Gasteiger partial charge is 0.456 e. The Kier molecular flexibility index (Phi) is 8.48. The monoisotopic (exact) mass is 802 g/mol. The van der Waals surface area contributed by atoms with Crippen molar-refractivity contribution in [2.45, 2.75) is 0 Å². The number of nitriles is 1. The van der Waals surface area contributed by atoms with E-state index in [1.54, 1.807) is 0 Å². The fourth-order valence-corrected chi connectivity index (χ4v) is 9.09. The van der Waals surface area contributed by atoms with Crippen LogP contribution in [-0.4, -0.2) is 15.0 Å². The van der Waals surface area contributed by atoms with Gasteiger partial charge in [-0.1, -0.05) is 164 Å². The number of hydrogen-bond donors (Lipinski definition) is 0. The molecule has 0 spiro atoms. The van der Waals surface area contributed by atoms with E-state index >= 15 is 0 Å². The first-order chi connectivity index (χ1) is 31.1. The van der Waals surface area contributed by atoms with Crippen LogP contribution in [0.2, 0.25) is 0 Å². The molecule has 292 valence electrons. The van der Waals surface area contributed by atoms with Crippen molar-refractivity contribution in [3.05, 3.63) is 212 Å². The van der Waals surface area contributed by atoms with Gasteiger partial charge in [-0.3, -0.25) is 0 Å². The zero-order valence-electron chi connectivity index (χ0n) is 33.8. The van der Waals surface area contributed by atoms with Gasteiger partial charge >= 0.3 is 0 Å². The number of fused-ring (bicyclic) bond motifs is 9. The van der Waals surface area contributed by atoms with Gasteiger partial charge in [0, 0.05) is 27.5 Å². The van der Waals surface area contributed by atoms with Crippen LogP contribution in [0.15, 0.2) is 211 Å². The molecule has 0 aliphatic carbocycles. The number of benzene rings is 10. The Balaban J connectivity index is 1.01. The highest BCUT2D eigenvalue weighted by Gasteiger charge is 2.18. The molecular weight excluding hydrogens is 769 g/mol. The summed E-state index contributed by atoms with van der Waals surface area (Å²) >= 11 is 0. The predicted molar refractivity (Wildman–Crippen MR) is 257 cm³/mol. The third kappa shape index (κ3) is 6.29. The molecule has 12 aromatic rings. The maximum Gasteiger partial charge on any atom is 0.164 e. The van der Waals surface area contributed by atoms with E-state index in [9.17, 15) is 5.26 Å². The van der Waals surface area contributed by atoms with E-state index in [1.807, 2.05) is 54.6 Å².